The molecule has 0 aliphatic carbocycles. The van der Waals surface area contributed by atoms with Crippen LogP contribution in [0, 0.1) is 5.92 Å². The number of rotatable bonds is 4. The zero-order chi connectivity index (χ0) is 18.4. The van der Waals surface area contributed by atoms with Crippen LogP contribution in [0.1, 0.15) is 23.7 Å². The number of aromatic nitrogens is 2. The molecule has 138 valence electrons. The average molecular weight is 361 g/mol. The molecular formula is C22H23N3O2. The van der Waals surface area contributed by atoms with Crippen molar-refractivity contribution in [3.8, 4) is 0 Å². The van der Waals surface area contributed by atoms with Gasteiger partial charge in [-0.1, -0.05) is 19.1 Å². The minimum atomic E-state index is 0.144. The third kappa shape index (κ3) is 2.92. The first-order chi connectivity index (χ1) is 13.1. The van der Waals surface area contributed by atoms with Gasteiger partial charge in [0.2, 0.25) is 5.91 Å². The summed E-state index contributed by atoms with van der Waals surface area (Å²) in [5.74, 6) is 0.555. The molecule has 0 unspecified atom stereocenters. The summed E-state index contributed by atoms with van der Waals surface area (Å²) < 4.78 is 7.05. The molecule has 2 aromatic heterocycles. The van der Waals surface area contributed by atoms with E-state index in [1.807, 2.05) is 24.5 Å². The fraction of sp³-hybridized carbons (Fsp3) is 0.364. The number of ether oxygens (including phenoxy) is 1. The maximum atomic E-state index is 12.6. The van der Waals surface area contributed by atoms with E-state index < -0.39 is 0 Å². The Morgan fingerprint density at radius 2 is 1.96 bits per heavy atom. The van der Waals surface area contributed by atoms with Crippen molar-refractivity contribution in [3.05, 3.63) is 60.6 Å². The minimum Gasteiger partial charge on any atom is -0.379 e. The summed E-state index contributed by atoms with van der Waals surface area (Å²) in [6.45, 7) is 5.74. The van der Waals surface area contributed by atoms with Gasteiger partial charge in [0.15, 0.2) is 0 Å². The van der Waals surface area contributed by atoms with Crippen molar-refractivity contribution in [2.24, 2.45) is 5.92 Å². The van der Waals surface area contributed by atoms with Gasteiger partial charge in [-0.2, -0.15) is 0 Å². The normalized spacial score (nSPS) is 18.9. The second-order valence-electron chi connectivity index (χ2n) is 8.11. The van der Waals surface area contributed by atoms with Gasteiger partial charge in [0.1, 0.15) is 0 Å². The summed E-state index contributed by atoms with van der Waals surface area (Å²) >= 11 is 0. The fourth-order valence-electron chi connectivity index (χ4n) is 4.02. The topological polar surface area (TPSA) is 47.4 Å². The standard InChI is InChI=1S/C22H23N3O2/c1-22(14-27-15-22)18-4-6-19(7-5-18)24-10-16(11-24)9-21(26)25-12-17-3-2-8-23-20(17)13-25/h2-8,12-13,16H,9-11,14-15H2,1H3. The highest BCUT2D eigenvalue weighted by Crippen LogP contribution is 2.34. The summed E-state index contributed by atoms with van der Waals surface area (Å²) in [6.07, 6.45) is 6.04. The Hall–Kier alpha value is -2.66. The van der Waals surface area contributed by atoms with Crippen molar-refractivity contribution in [2.45, 2.75) is 18.8 Å². The van der Waals surface area contributed by atoms with E-state index in [1.54, 1.807) is 10.8 Å². The number of carbonyl (C=O) groups is 1. The highest BCUT2D eigenvalue weighted by molar-refractivity contribution is 5.87. The number of anilines is 1. The van der Waals surface area contributed by atoms with E-state index in [-0.39, 0.29) is 11.3 Å². The molecule has 2 aliphatic heterocycles. The number of pyridine rings is 1. The van der Waals surface area contributed by atoms with Crippen molar-refractivity contribution in [3.63, 3.8) is 0 Å². The van der Waals surface area contributed by atoms with Gasteiger partial charge in [0.25, 0.3) is 0 Å². The first kappa shape index (κ1) is 16.5. The molecule has 3 aromatic rings. The summed E-state index contributed by atoms with van der Waals surface area (Å²) in [7, 11) is 0. The fourth-order valence-corrected chi connectivity index (χ4v) is 4.02. The summed E-state index contributed by atoms with van der Waals surface area (Å²) in [5.41, 5.74) is 3.63. The zero-order valence-corrected chi connectivity index (χ0v) is 15.5. The lowest BCUT2D eigenvalue weighted by Gasteiger charge is -2.42. The van der Waals surface area contributed by atoms with Gasteiger partial charge in [-0.05, 0) is 29.8 Å². The van der Waals surface area contributed by atoms with E-state index in [0.717, 1.165) is 37.2 Å². The minimum absolute atomic E-state index is 0.144. The van der Waals surface area contributed by atoms with Crippen LogP contribution in [0.25, 0.3) is 10.9 Å². The van der Waals surface area contributed by atoms with Gasteiger partial charge < -0.3 is 9.64 Å². The van der Waals surface area contributed by atoms with Crippen molar-refractivity contribution in [1.82, 2.24) is 9.55 Å². The van der Waals surface area contributed by atoms with Crippen LogP contribution < -0.4 is 4.90 Å². The lowest BCUT2D eigenvalue weighted by Crippen LogP contribution is -2.48. The van der Waals surface area contributed by atoms with Crippen molar-refractivity contribution in [2.75, 3.05) is 31.2 Å². The van der Waals surface area contributed by atoms with Crippen LogP contribution in [0.15, 0.2) is 55.0 Å². The Labute approximate surface area is 158 Å². The molecule has 27 heavy (non-hydrogen) atoms. The van der Waals surface area contributed by atoms with Gasteiger partial charge in [0.05, 0.1) is 18.7 Å². The van der Waals surface area contributed by atoms with Crippen molar-refractivity contribution in [1.29, 1.82) is 0 Å². The monoisotopic (exact) mass is 361 g/mol. The van der Waals surface area contributed by atoms with E-state index in [2.05, 4.69) is 41.1 Å². The van der Waals surface area contributed by atoms with Crippen LogP contribution in [0.5, 0.6) is 0 Å². The molecule has 2 fully saturated rings. The third-order valence-electron chi connectivity index (χ3n) is 5.89. The SMILES string of the molecule is CC1(c2ccc(N3CC(CC(=O)n4cc5cccnc5c4)C3)cc2)COC1. The smallest absolute Gasteiger partial charge is 0.231 e. The summed E-state index contributed by atoms with van der Waals surface area (Å²) in [4.78, 5) is 19.2. The number of nitrogens with zero attached hydrogens (tertiary/aromatic N) is 3. The Kier molecular flexibility index (Phi) is 3.79. The van der Waals surface area contributed by atoms with Crippen LogP contribution in [-0.4, -0.2) is 41.8 Å². The Balaban J connectivity index is 1.19. The Morgan fingerprint density at radius 1 is 1.19 bits per heavy atom. The molecule has 0 atom stereocenters. The van der Waals surface area contributed by atoms with Gasteiger partial charge in [0, 0.05) is 60.5 Å². The van der Waals surface area contributed by atoms with Crippen LogP contribution in [0.2, 0.25) is 0 Å². The number of hydrogen-bond donors (Lipinski definition) is 0. The maximum Gasteiger partial charge on any atom is 0.231 e. The lowest BCUT2D eigenvalue weighted by atomic mass is 9.81. The maximum absolute atomic E-state index is 12.6. The molecular weight excluding hydrogens is 338 g/mol. The van der Waals surface area contributed by atoms with Crippen LogP contribution >= 0.6 is 0 Å². The van der Waals surface area contributed by atoms with E-state index in [0.29, 0.717) is 12.3 Å². The predicted molar refractivity (Wildman–Crippen MR) is 105 cm³/mol. The Morgan fingerprint density at radius 3 is 2.63 bits per heavy atom. The molecule has 5 heteroatoms. The molecule has 2 aliphatic rings. The van der Waals surface area contributed by atoms with Crippen LogP contribution in [-0.2, 0) is 10.2 Å². The predicted octanol–water partition coefficient (Wildman–Crippen LogP) is 3.49. The second kappa shape index (κ2) is 6.20. The number of hydrogen-bond acceptors (Lipinski definition) is 4. The number of benzene rings is 1. The quantitative estimate of drug-likeness (QED) is 0.714. The second-order valence-corrected chi connectivity index (χ2v) is 8.11. The summed E-state index contributed by atoms with van der Waals surface area (Å²) in [6, 6.07) is 12.7. The molecule has 0 radical (unpaired) electrons. The van der Waals surface area contributed by atoms with Gasteiger partial charge >= 0.3 is 0 Å². The molecule has 1 aromatic carbocycles. The number of carbonyl (C=O) groups excluding carboxylic acids is 1. The molecule has 0 saturated carbocycles. The molecule has 0 bridgehead atoms. The van der Waals surface area contributed by atoms with Crippen molar-refractivity contribution >= 4 is 22.5 Å². The van der Waals surface area contributed by atoms with Crippen molar-refractivity contribution < 1.29 is 9.53 Å². The van der Waals surface area contributed by atoms with E-state index >= 15 is 0 Å². The highest BCUT2D eigenvalue weighted by Gasteiger charge is 2.35. The number of fused-ring (bicyclic) bond motifs is 1. The van der Waals surface area contributed by atoms with E-state index in [1.165, 1.54) is 11.3 Å². The van der Waals surface area contributed by atoms with Gasteiger partial charge in [-0.25, -0.2) is 0 Å². The third-order valence-corrected chi connectivity index (χ3v) is 5.89. The molecule has 0 spiro atoms. The molecule has 2 saturated heterocycles. The van der Waals surface area contributed by atoms with E-state index in [4.69, 9.17) is 4.74 Å². The van der Waals surface area contributed by atoms with E-state index in [9.17, 15) is 4.79 Å². The molecule has 0 N–H and O–H groups in total. The summed E-state index contributed by atoms with van der Waals surface area (Å²) in [5, 5.41) is 1.01. The molecule has 5 rings (SSSR count). The van der Waals surface area contributed by atoms with Crippen LogP contribution in [0.4, 0.5) is 5.69 Å². The van der Waals surface area contributed by atoms with Gasteiger partial charge in [-0.15, -0.1) is 0 Å². The zero-order valence-electron chi connectivity index (χ0n) is 15.5. The molecule has 0 amide bonds. The molecule has 5 nitrogen and oxygen atoms in total. The average Bonchev–Trinajstić information content (AvgIpc) is 3.07. The van der Waals surface area contributed by atoms with Gasteiger partial charge in [-0.3, -0.25) is 14.3 Å². The van der Waals surface area contributed by atoms with Crippen LogP contribution in [0.3, 0.4) is 0 Å². The lowest BCUT2D eigenvalue weighted by molar-refractivity contribution is -0.0500. The Bertz CT molecular complexity index is 949. The largest absolute Gasteiger partial charge is 0.379 e. The first-order valence-electron chi connectivity index (χ1n) is 9.50. The first-order valence-corrected chi connectivity index (χ1v) is 9.50. The highest BCUT2D eigenvalue weighted by atomic mass is 16.5. The molecule has 4 heterocycles.